The van der Waals surface area contributed by atoms with E-state index in [9.17, 15) is 23.3 Å². The van der Waals surface area contributed by atoms with E-state index in [-0.39, 0.29) is 5.69 Å². The second kappa shape index (κ2) is 6.53. The number of nitro groups is 1. The fraction of sp³-hybridized carbons (Fsp3) is 0.0769. The molecule has 0 saturated carbocycles. The Kier molecular flexibility index (Phi) is 5.05. The Bertz CT molecular complexity index is 512. The van der Waals surface area contributed by atoms with E-state index < -0.39 is 16.7 Å². The van der Waals surface area contributed by atoms with Crippen molar-refractivity contribution in [1.82, 2.24) is 0 Å². The number of nitrogens with zero attached hydrogens (tertiary/aromatic N) is 1. The smallest absolute Gasteiger partial charge is 0.258 e. The van der Waals surface area contributed by atoms with Crippen LogP contribution < -0.4 is 0 Å². The third kappa shape index (κ3) is 5.20. The molecule has 0 aromatic heterocycles. The maximum atomic E-state index is 11.8. The molecule has 0 atom stereocenters. The van der Waals surface area contributed by atoms with Crippen LogP contribution in [0, 0.1) is 10.1 Å². The molecule has 0 N–H and O–H groups in total. The van der Waals surface area contributed by atoms with Gasteiger partial charge in [-0.3, -0.25) is 10.1 Å². The lowest BCUT2D eigenvalue weighted by Crippen LogP contribution is -2.03. The first-order chi connectivity index (χ1) is 8.91. The summed E-state index contributed by atoms with van der Waals surface area (Å²) in [6, 6.07) is 14.3. The number of halogens is 3. The van der Waals surface area contributed by atoms with Gasteiger partial charge in [-0.1, -0.05) is 48.5 Å². The van der Waals surface area contributed by atoms with Gasteiger partial charge in [-0.05, 0) is 0 Å². The lowest BCUT2D eigenvalue weighted by atomic mass is 10.2. The fourth-order valence-electron chi connectivity index (χ4n) is 1.18. The Hall–Kier alpha value is -2.37. The van der Waals surface area contributed by atoms with Gasteiger partial charge in [0.05, 0.1) is 10.5 Å². The minimum Gasteiger partial charge on any atom is -0.258 e. The highest BCUT2D eigenvalue weighted by Crippen LogP contribution is 2.28. The summed E-state index contributed by atoms with van der Waals surface area (Å²) in [6.45, 7) is 0. The van der Waals surface area contributed by atoms with Crippen LogP contribution in [-0.2, 0) is 6.18 Å². The molecule has 2 aromatic rings. The van der Waals surface area contributed by atoms with Gasteiger partial charge in [0.2, 0.25) is 0 Å². The van der Waals surface area contributed by atoms with Crippen molar-refractivity contribution < 1.29 is 18.1 Å². The van der Waals surface area contributed by atoms with Crippen LogP contribution in [0.3, 0.4) is 0 Å². The first-order valence-corrected chi connectivity index (χ1v) is 5.23. The number of non-ortho nitro benzene ring substituents is 1. The number of benzene rings is 2. The van der Waals surface area contributed by atoms with Gasteiger partial charge in [0, 0.05) is 12.1 Å². The number of hydrogen-bond donors (Lipinski definition) is 0. The molecular weight excluding hydrogens is 259 g/mol. The highest BCUT2D eigenvalue weighted by atomic mass is 19.4. The lowest BCUT2D eigenvalue weighted by molar-refractivity contribution is -0.384. The fourth-order valence-corrected chi connectivity index (χ4v) is 1.18. The number of rotatable bonds is 1. The van der Waals surface area contributed by atoms with E-state index >= 15 is 0 Å². The van der Waals surface area contributed by atoms with Gasteiger partial charge in [0.15, 0.2) is 0 Å². The third-order valence-electron chi connectivity index (χ3n) is 2.07. The average Bonchev–Trinajstić information content (AvgIpc) is 2.40. The van der Waals surface area contributed by atoms with Crippen molar-refractivity contribution in [3.05, 3.63) is 76.3 Å². The molecule has 2 aromatic carbocycles. The van der Waals surface area contributed by atoms with Crippen molar-refractivity contribution in [3.8, 4) is 0 Å². The Morgan fingerprint density at radius 1 is 0.842 bits per heavy atom. The van der Waals surface area contributed by atoms with Crippen molar-refractivity contribution in [2.75, 3.05) is 0 Å². The number of nitro benzene ring substituents is 1. The van der Waals surface area contributed by atoms with Crippen LogP contribution in [0.15, 0.2) is 60.7 Å². The molecule has 0 radical (unpaired) electrons. The van der Waals surface area contributed by atoms with Gasteiger partial charge in [0.25, 0.3) is 5.69 Å². The zero-order valence-corrected chi connectivity index (χ0v) is 9.67. The highest BCUT2D eigenvalue weighted by Gasteiger charge is 2.29. The zero-order chi connectivity index (χ0) is 14.3. The summed E-state index contributed by atoms with van der Waals surface area (Å²) in [6.07, 6.45) is -4.21. The van der Waals surface area contributed by atoms with E-state index in [2.05, 4.69) is 0 Å². The maximum Gasteiger partial charge on any atom is 0.416 e. The molecule has 0 fully saturated rings. The van der Waals surface area contributed by atoms with E-state index in [0.717, 1.165) is 12.1 Å². The normalized spacial score (nSPS) is 10.3. The second-order valence-electron chi connectivity index (χ2n) is 3.46. The minimum absolute atomic E-state index is 0.137. The van der Waals surface area contributed by atoms with Crippen molar-refractivity contribution in [2.45, 2.75) is 6.18 Å². The Labute approximate surface area is 107 Å². The van der Waals surface area contributed by atoms with E-state index in [1.807, 2.05) is 0 Å². The summed E-state index contributed by atoms with van der Waals surface area (Å²) in [7, 11) is 0. The van der Waals surface area contributed by atoms with Crippen LogP contribution in [0.25, 0.3) is 0 Å². The summed E-state index contributed by atoms with van der Waals surface area (Å²) in [5.74, 6) is 0. The molecule has 0 heterocycles. The predicted molar refractivity (Wildman–Crippen MR) is 64.5 cm³/mol. The average molecular weight is 269 g/mol. The molecular formula is C13H10F3NO2. The highest BCUT2D eigenvalue weighted by molar-refractivity contribution is 5.28. The van der Waals surface area contributed by atoms with E-state index in [0.29, 0.717) is 0 Å². The molecule has 0 amide bonds. The van der Waals surface area contributed by atoms with Crippen molar-refractivity contribution in [3.63, 3.8) is 0 Å². The molecule has 0 aliphatic heterocycles. The SMILES string of the molecule is FC(F)(F)c1ccccc1.O=[N+]([O-])c1ccccc1. The monoisotopic (exact) mass is 269 g/mol. The largest absolute Gasteiger partial charge is 0.416 e. The first kappa shape index (κ1) is 14.7. The molecule has 6 heteroatoms. The summed E-state index contributed by atoms with van der Waals surface area (Å²) >= 11 is 0. The molecule has 0 bridgehead atoms. The van der Waals surface area contributed by atoms with Crippen LogP contribution >= 0.6 is 0 Å². The Morgan fingerprint density at radius 2 is 1.26 bits per heavy atom. The molecule has 19 heavy (non-hydrogen) atoms. The van der Waals surface area contributed by atoms with Gasteiger partial charge in [-0.2, -0.15) is 13.2 Å². The summed E-state index contributed by atoms with van der Waals surface area (Å²) < 4.78 is 35.4. The van der Waals surface area contributed by atoms with Crippen LogP contribution in [0.4, 0.5) is 18.9 Å². The molecule has 100 valence electrons. The van der Waals surface area contributed by atoms with Gasteiger partial charge in [-0.15, -0.1) is 0 Å². The molecule has 3 nitrogen and oxygen atoms in total. The lowest BCUT2D eigenvalue weighted by Gasteiger charge is -2.03. The molecule has 2 rings (SSSR count). The second-order valence-corrected chi connectivity index (χ2v) is 3.46. The quantitative estimate of drug-likeness (QED) is 0.572. The van der Waals surface area contributed by atoms with Crippen LogP contribution in [-0.4, -0.2) is 4.92 Å². The first-order valence-electron chi connectivity index (χ1n) is 5.23. The molecule has 0 spiro atoms. The third-order valence-corrected chi connectivity index (χ3v) is 2.07. The minimum atomic E-state index is -4.21. The standard InChI is InChI=1S/C7H5F3.C6H5NO2/c8-7(9,10)6-4-2-1-3-5-6;8-7(9)6-4-2-1-3-5-6/h1-5H;1-5H. The van der Waals surface area contributed by atoms with Crippen molar-refractivity contribution in [2.24, 2.45) is 0 Å². The molecule has 0 unspecified atom stereocenters. The van der Waals surface area contributed by atoms with Crippen LogP contribution in [0.1, 0.15) is 5.56 Å². The topological polar surface area (TPSA) is 43.1 Å². The van der Waals surface area contributed by atoms with E-state index in [4.69, 9.17) is 0 Å². The molecule has 0 saturated heterocycles. The summed E-state index contributed by atoms with van der Waals surface area (Å²) in [5, 5.41) is 10.0. The van der Waals surface area contributed by atoms with E-state index in [1.165, 1.54) is 24.3 Å². The number of para-hydroxylation sites is 1. The predicted octanol–water partition coefficient (Wildman–Crippen LogP) is 4.30. The van der Waals surface area contributed by atoms with E-state index in [1.54, 1.807) is 24.3 Å². The van der Waals surface area contributed by atoms with Gasteiger partial charge < -0.3 is 0 Å². The molecule has 0 aliphatic rings. The van der Waals surface area contributed by atoms with Gasteiger partial charge in [0.1, 0.15) is 0 Å². The van der Waals surface area contributed by atoms with Gasteiger partial charge in [-0.25, -0.2) is 0 Å². The zero-order valence-electron chi connectivity index (χ0n) is 9.67. The number of alkyl halides is 3. The van der Waals surface area contributed by atoms with Crippen LogP contribution in [0.2, 0.25) is 0 Å². The Balaban J connectivity index is 0.000000191. The van der Waals surface area contributed by atoms with Crippen molar-refractivity contribution >= 4 is 5.69 Å². The Morgan fingerprint density at radius 3 is 1.53 bits per heavy atom. The van der Waals surface area contributed by atoms with Gasteiger partial charge >= 0.3 is 6.18 Å². The summed E-state index contributed by atoms with van der Waals surface area (Å²) in [4.78, 5) is 9.59. The summed E-state index contributed by atoms with van der Waals surface area (Å²) in [5.41, 5.74) is -0.465. The van der Waals surface area contributed by atoms with Crippen LogP contribution in [0.5, 0.6) is 0 Å². The maximum absolute atomic E-state index is 11.8. The van der Waals surface area contributed by atoms with Crippen molar-refractivity contribution in [1.29, 1.82) is 0 Å². The number of hydrogen-bond acceptors (Lipinski definition) is 2. The molecule has 0 aliphatic carbocycles.